The molecule has 1 aromatic heterocycles. The number of carbonyl (C=O) groups is 2. The van der Waals surface area contributed by atoms with E-state index < -0.39 is 0 Å². The fourth-order valence-electron chi connectivity index (χ4n) is 4.54. The van der Waals surface area contributed by atoms with Gasteiger partial charge in [0.1, 0.15) is 11.5 Å². The molecule has 0 bridgehead atoms. The van der Waals surface area contributed by atoms with Gasteiger partial charge in [-0.3, -0.25) is 14.7 Å². The number of hydrogen-bond acceptors (Lipinski definition) is 3. The first-order valence-electron chi connectivity index (χ1n) is 11.0. The number of amides is 2. The van der Waals surface area contributed by atoms with Crippen molar-refractivity contribution < 1.29 is 14.0 Å². The number of aromatic nitrogens is 2. The summed E-state index contributed by atoms with van der Waals surface area (Å²) in [7, 11) is 0. The molecule has 6 nitrogen and oxygen atoms in total. The van der Waals surface area contributed by atoms with Crippen molar-refractivity contribution >= 4 is 11.8 Å². The number of aromatic amines is 1. The highest BCUT2D eigenvalue weighted by atomic mass is 19.1. The van der Waals surface area contributed by atoms with E-state index in [-0.39, 0.29) is 23.7 Å². The summed E-state index contributed by atoms with van der Waals surface area (Å²) >= 11 is 0. The number of likely N-dealkylation sites (tertiary alicyclic amines) is 1. The molecule has 0 unspecified atom stereocenters. The van der Waals surface area contributed by atoms with Crippen molar-refractivity contribution in [3.63, 3.8) is 0 Å². The van der Waals surface area contributed by atoms with Crippen molar-refractivity contribution in [1.82, 2.24) is 20.4 Å². The Balaban J connectivity index is 1.26. The molecule has 1 saturated carbocycles. The summed E-state index contributed by atoms with van der Waals surface area (Å²) in [6.07, 6.45) is 8.30. The summed E-state index contributed by atoms with van der Waals surface area (Å²) in [6, 6.07) is 7.87. The maximum atomic E-state index is 13.1. The molecule has 0 atom stereocenters. The molecule has 2 fully saturated rings. The van der Waals surface area contributed by atoms with E-state index >= 15 is 0 Å². The van der Waals surface area contributed by atoms with E-state index in [9.17, 15) is 14.0 Å². The van der Waals surface area contributed by atoms with Gasteiger partial charge in [-0.2, -0.15) is 5.10 Å². The molecule has 0 spiro atoms. The second-order valence-electron chi connectivity index (χ2n) is 8.52. The average molecular weight is 413 g/mol. The molecule has 160 valence electrons. The Morgan fingerprint density at radius 3 is 2.47 bits per heavy atom. The summed E-state index contributed by atoms with van der Waals surface area (Å²) in [5, 5.41) is 10.2. The number of nitrogens with zero attached hydrogens (tertiary/aromatic N) is 2. The summed E-state index contributed by atoms with van der Waals surface area (Å²) < 4.78 is 13.1. The second kappa shape index (κ2) is 9.41. The van der Waals surface area contributed by atoms with Gasteiger partial charge in [0.15, 0.2) is 0 Å². The first-order chi connectivity index (χ1) is 14.6. The predicted molar refractivity (Wildman–Crippen MR) is 112 cm³/mol. The molecule has 30 heavy (non-hydrogen) atoms. The SMILES string of the molecule is O=C(CC1CCCCC1)NC1CCN(C(=O)c2cc(-c3ccc(F)cc3)n[nH]2)CC1. The second-order valence-corrected chi connectivity index (χ2v) is 8.52. The van der Waals surface area contributed by atoms with E-state index in [1.165, 1.54) is 44.2 Å². The summed E-state index contributed by atoms with van der Waals surface area (Å²) in [4.78, 5) is 26.9. The molecular weight excluding hydrogens is 383 g/mol. The van der Waals surface area contributed by atoms with Crippen LogP contribution in [0.1, 0.15) is 61.9 Å². The first-order valence-corrected chi connectivity index (χ1v) is 11.0. The molecule has 1 aromatic carbocycles. The Morgan fingerprint density at radius 1 is 1.07 bits per heavy atom. The van der Waals surface area contributed by atoms with Gasteiger partial charge >= 0.3 is 0 Å². The Morgan fingerprint density at radius 2 is 1.77 bits per heavy atom. The lowest BCUT2D eigenvalue weighted by molar-refractivity contribution is -0.123. The highest BCUT2D eigenvalue weighted by Crippen LogP contribution is 2.26. The van der Waals surface area contributed by atoms with Gasteiger partial charge in [-0.1, -0.05) is 19.3 Å². The number of nitrogens with one attached hydrogen (secondary N) is 2. The summed E-state index contributed by atoms with van der Waals surface area (Å²) in [6.45, 7) is 1.22. The first kappa shape index (κ1) is 20.6. The number of halogens is 1. The third kappa shape index (κ3) is 5.07. The van der Waals surface area contributed by atoms with Gasteiger partial charge in [0.05, 0.1) is 5.69 Å². The van der Waals surface area contributed by atoms with Crippen molar-refractivity contribution in [3.8, 4) is 11.3 Å². The van der Waals surface area contributed by atoms with Crippen LogP contribution in [-0.4, -0.2) is 46.0 Å². The van der Waals surface area contributed by atoms with Gasteiger partial charge < -0.3 is 10.2 Å². The molecule has 1 aliphatic heterocycles. The van der Waals surface area contributed by atoms with Gasteiger partial charge in [-0.15, -0.1) is 0 Å². The van der Waals surface area contributed by atoms with Crippen LogP contribution in [0.5, 0.6) is 0 Å². The normalized spacial score (nSPS) is 18.4. The van der Waals surface area contributed by atoms with Crippen LogP contribution in [0.2, 0.25) is 0 Å². The molecule has 4 rings (SSSR count). The zero-order chi connectivity index (χ0) is 20.9. The molecule has 1 aliphatic carbocycles. The Hall–Kier alpha value is -2.70. The Kier molecular flexibility index (Phi) is 6.45. The molecule has 2 heterocycles. The van der Waals surface area contributed by atoms with E-state index in [1.807, 2.05) is 0 Å². The number of benzene rings is 1. The van der Waals surface area contributed by atoms with Crippen LogP contribution in [-0.2, 0) is 4.79 Å². The molecule has 1 saturated heterocycles. The van der Waals surface area contributed by atoms with Crippen molar-refractivity contribution in [2.45, 2.75) is 57.4 Å². The van der Waals surface area contributed by atoms with Crippen LogP contribution >= 0.6 is 0 Å². The lowest BCUT2D eigenvalue weighted by Gasteiger charge is -2.32. The van der Waals surface area contributed by atoms with E-state index in [0.29, 0.717) is 36.8 Å². The topological polar surface area (TPSA) is 78.1 Å². The van der Waals surface area contributed by atoms with Crippen LogP contribution in [0.3, 0.4) is 0 Å². The van der Waals surface area contributed by atoms with Gasteiger partial charge in [-0.05, 0) is 61.9 Å². The smallest absolute Gasteiger partial charge is 0.271 e. The summed E-state index contributed by atoms with van der Waals surface area (Å²) in [5.74, 6) is 0.294. The molecule has 7 heteroatoms. The molecule has 2 aromatic rings. The standard InChI is InChI=1S/C23H29FN4O2/c24-18-8-6-17(7-9-18)20-15-21(27-26-20)23(30)28-12-10-19(11-13-28)25-22(29)14-16-4-2-1-3-5-16/h6-9,15-16,19H,1-5,10-14H2,(H,25,29)(H,26,27). The number of rotatable bonds is 5. The van der Waals surface area contributed by atoms with Gasteiger partial charge in [0.25, 0.3) is 5.91 Å². The average Bonchev–Trinajstić information content (AvgIpc) is 3.25. The quantitative estimate of drug-likeness (QED) is 0.782. The van der Waals surface area contributed by atoms with Crippen LogP contribution in [0, 0.1) is 11.7 Å². The summed E-state index contributed by atoms with van der Waals surface area (Å²) in [5.41, 5.74) is 1.79. The number of hydrogen-bond donors (Lipinski definition) is 2. The lowest BCUT2D eigenvalue weighted by Crippen LogP contribution is -2.46. The fraction of sp³-hybridized carbons (Fsp3) is 0.522. The third-order valence-electron chi connectivity index (χ3n) is 6.29. The van der Waals surface area contributed by atoms with Crippen molar-refractivity contribution in [2.24, 2.45) is 5.92 Å². The number of H-pyrrole nitrogens is 1. The maximum absolute atomic E-state index is 13.1. The van der Waals surface area contributed by atoms with Gasteiger partial charge in [0, 0.05) is 31.1 Å². The maximum Gasteiger partial charge on any atom is 0.271 e. The van der Waals surface area contributed by atoms with E-state index in [2.05, 4.69) is 15.5 Å². The van der Waals surface area contributed by atoms with Gasteiger partial charge in [-0.25, -0.2) is 4.39 Å². The van der Waals surface area contributed by atoms with E-state index in [0.717, 1.165) is 18.4 Å². The van der Waals surface area contributed by atoms with Crippen LogP contribution < -0.4 is 5.32 Å². The minimum Gasteiger partial charge on any atom is -0.353 e. The Labute approximate surface area is 176 Å². The minimum atomic E-state index is -0.306. The lowest BCUT2D eigenvalue weighted by atomic mass is 9.86. The highest BCUT2D eigenvalue weighted by molar-refractivity contribution is 5.93. The molecular formula is C23H29FN4O2. The Bertz CT molecular complexity index is 866. The predicted octanol–water partition coefficient (Wildman–Crippen LogP) is 3.91. The third-order valence-corrected chi connectivity index (χ3v) is 6.29. The molecule has 2 N–H and O–H groups in total. The molecule has 0 radical (unpaired) electrons. The highest BCUT2D eigenvalue weighted by Gasteiger charge is 2.26. The van der Waals surface area contributed by atoms with E-state index in [4.69, 9.17) is 0 Å². The van der Waals surface area contributed by atoms with Crippen LogP contribution in [0.25, 0.3) is 11.3 Å². The van der Waals surface area contributed by atoms with Crippen molar-refractivity contribution in [2.75, 3.05) is 13.1 Å². The van der Waals surface area contributed by atoms with Crippen molar-refractivity contribution in [1.29, 1.82) is 0 Å². The molecule has 2 aliphatic rings. The van der Waals surface area contributed by atoms with Crippen molar-refractivity contribution in [3.05, 3.63) is 41.8 Å². The van der Waals surface area contributed by atoms with Crippen LogP contribution in [0.15, 0.2) is 30.3 Å². The zero-order valence-corrected chi connectivity index (χ0v) is 17.2. The van der Waals surface area contributed by atoms with E-state index in [1.54, 1.807) is 23.1 Å². The number of piperidine rings is 1. The molecule has 2 amide bonds. The fourth-order valence-corrected chi connectivity index (χ4v) is 4.54. The van der Waals surface area contributed by atoms with Crippen LogP contribution in [0.4, 0.5) is 4.39 Å². The monoisotopic (exact) mass is 412 g/mol. The number of carbonyl (C=O) groups excluding carboxylic acids is 2. The minimum absolute atomic E-state index is 0.0946. The zero-order valence-electron chi connectivity index (χ0n) is 17.2. The van der Waals surface area contributed by atoms with Gasteiger partial charge in [0.2, 0.25) is 5.91 Å². The largest absolute Gasteiger partial charge is 0.353 e.